The van der Waals surface area contributed by atoms with Gasteiger partial charge >= 0.3 is 6.09 Å². The third-order valence-corrected chi connectivity index (χ3v) is 6.01. The van der Waals surface area contributed by atoms with Crippen LogP contribution >= 0.6 is 0 Å². The van der Waals surface area contributed by atoms with E-state index in [4.69, 9.17) is 4.52 Å². The number of carbonyl (C=O) groups is 1. The Morgan fingerprint density at radius 2 is 1.80 bits per heavy atom. The maximum atomic E-state index is 11.2. The van der Waals surface area contributed by atoms with Gasteiger partial charge in [-0.2, -0.15) is 4.98 Å². The molecule has 0 aliphatic carbocycles. The largest absolute Gasteiger partial charge is 0.465 e. The van der Waals surface area contributed by atoms with Crippen LogP contribution in [0.15, 0.2) is 28.8 Å². The van der Waals surface area contributed by atoms with Crippen LogP contribution in [-0.4, -0.2) is 39.3 Å². The van der Waals surface area contributed by atoms with Gasteiger partial charge < -0.3 is 14.5 Å². The molecule has 2 heterocycles. The number of hydrogen-bond acceptors (Lipinski definition) is 4. The number of carboxylic acid groups (broad SMARTS) is 1. The number of aryl methyl sites for hydroxylation is 1. The fourth-order valence-corrected chi connectivity index (χ4v) is 4.15. The molecule has 1 saturated heterocycles. The van der Waals surface area contributed by atoms with Crippen molar-refractivity contribution in [1.82, 2.24) is 15.0 Å². The van der Waals surface area contributed by atoms with E-state index in [1.165, 1.54) is 61.8 Å². The van der Waals surface area contributed by atoms with E-state index >= 15 is 0 Å². The van der Waals surface area contributed by atoms with Crippen molar-refractivity contribution in [1.29, 1.82) is 0 Å². The van der Waals surface area contributed by atoms with Gasteiger partial charge in [0, 0.05) is 18.7 Å². The number of benzene rings is 1. The number of rotatable bonds is 11. The summed E-state index contributed by atoms with van der Waals surface area (Å²) in [6.07, 6.45) is 12.6. The van der Waals surface area contributed by atoms with Gasteiger partial charge in [0.25, 0.3) is 0 Å². The molecule has 2 aromatic rings. The molecule has 0 saturated carbocycles. The minimum atomic E-state index is -0.883. The second kappa shape index (κ2) is 11.7. The molecule has 164 valence electrons. The lowest BCUT2D eigenvalue weighted by atomic mass is 9.98. The Balaban J connectivity index is 1.44. The van der Waals surface area contributed by atoms with E-state index in [2.05, 4.69) is 41.3 Å². The second-order valence-electron chi connectivity index (χ2n) is 8.45. The zero-order valence-corrected chi connectivity index (χ0v) is 18.2. The van der Waals surface area contributed by atoms with Crippen LogP contribution in [0, 0.1) is 0 Å². The van der Waals surface area contributed by atoms with Crippen molar-refractivity contribution >= 4 is 6.09 Å². The van der Waals surface area contributed by atoms with Crippen LogP contribution in [0.2, 0.25) is 0 Å². The molecule has 1 aromatic carbocycles. The highest BCUT2D eigenvalue weighted by atomic mass is 16.5. The lowest BCUT2D eigenvalue weighted by Crippen LogP contribution is -2.38. The quantitative estimate of drug-likeness (QED) is 0.439. The highest BCUT2D eigenvalue weighted by Gasteiger charge is 2.28. The fraction of sp³-hybridized carbons (Fsp3) is 0.625. The number of aromatic nitrogens is 2. The van der Waals surface area contributed by atoms with E-state index < -0.39 is 6.09 Å². The van der Waals surface area contributed by atoms with Crippen molar-refractivity contribution in [3.05, 3.63) is 35.7 Å². The van der Waals surface area contributed by atoms with Crippen molar-refractivity contribution in [2.24, 2.45) is 0 Å². The molecule has 1 fully saturated rings. The molecule has 1 amide bonds. The van der Waals surface area contributed by atoms with Gasteiger partial charge in [-0.1, -0.05) is 81.3 Å². The third kappa shape index (κ3) is 6.57. The van der Waals surface area contributed by atoms with Gasteiger partial charge in [0.05, 0.1) is 5.92 Å². The van der Waals surface area contributed by atoms with Crippen LogP contribution in [0.1, 0.15) is 88.5 Å². The Morgan fingerprint density at radius 1 is 1.10 bits per heavy atom. The minimum Gasteiger partial charge on any atom is -0.465 e. The highest BCUT2D eigenvalue weighted by Crippen LogP contribution is 2.27. The van der Waals surface area contributed by atoms with Crippen LogP contribution in [0.25, 0.3) is 11.4 Å². The molecule has 1 aromatic heterocycles. The first-order valence-corrected chi connectivity index (χ1v) is 11.6. The molecule has 0 bridgehead atoms. The summed E-state index contributed by atoms with van der Waals surface area (Å²) >= 11 is 0. The smallest absolute Gasteiger partial charge is 0.407 e. The molecule has 6 nitrogen and oxygen atoms in total. The molecule has 0 unspecified atom stereocenters. The molecule has 1 atom stereocenters. The maximum absolute atomic E-state index is 11.2. The molecular weight excluding hydrogens is 378 g/mol. The first-order valence-electron chi connectivity index (χ1n) is 11.6. The summed E-state index contributed by atoms with van der Waals surface area (Å²) in [5.41, 5.74) is 2.29. The number of nitrogens with zero attached hydrogens (tertiary/aromatic N) is 3. The van der Waals surface area contributed by atoms with E-state index in [1.54, 1.807) is 0 Å². The Bertz CT molecular complexity index is 772. The van der Waals surface area contributed by atoms with Crippen molar-refractivity contribution in [3.8, 4) is 11.4 Å². The monoisotopic (exact) mass is 413 g/mol. The third-order valence-electron chi connectivity index (χ3n) is 6.01. The summed E-state index contributed by atoms with van der Waals surface area (Å²) in [4.78, 5) is 17.2. The van der Waals surface area contributed by atoms with Crippen LogP contribution < -0.4 is 0 Å². The molecule has 1 aliphatic heterocycles. The molecule has 3 rings (SSSR count). The van der Waals surface area contributed by atoms with Gasteiger partial charge in [-0.25, -0.2) is 4.79 Å². The molecule has 1 aliphatic rings. The van der Waals surface area contributed by atoms with Crippen molar-refractivity contribution in [2.45, 2.75) is 83.5 Å². The number of piperidine rings is 1. The summed E-state index contributed by atoms with van der Waals surface area (Å²) in [7, 11) is 0. The number of unbranched alkanes of at least 4 members (excludes halogenated alkanes) is 7. The van der Waals surface area contributed by atoms with E-state index in [0.29, 0.717) is 24.8 Å². The number of hydrogen-bond donors (Lipinski definition) is 1. The van der Waals surface area contributed by atoms with E-state index in [-0.39, 0.29) is 5.92 Å². The van der Waals surface area contributed by atoms with Crippen molar-refractivity contribution < 1.29 is 14.4 Å². The summed E-state index contributed by atoms with van der Waals surface area (Å²) in [5.74, 6) is 1.10. The standard InChI is InChI=1S/C24H35N3O3/c1-2-3-4-5-6-7-8-9-11-19-13-15-20(16-14-19)22-25-23(30-26-22)21-12-10-17-27(18-21)24(28)29/h13-16,21H,2-12,17-18H2,1H3,(H,28,29)/t21-/m0/s1. The summed E-state index contributed by atoms with van der Waals surface area (Å²) in [5, 5.41) is 13.3. The first-order chi connectivity index (χ1) is 14.7. The Kier molecular flexibility index (Phi) is 8.72. The Morgan fingerprint density at radius 3 is 2.50 bits per heavy atom. The van der Waals surface area contributed by atoms with Gasteiger partial charge in [-0.05, 0) is 31.2 Å². The van der Waals surface area contributed by atoms with Crippen molar-refractivity contribution in [2.75, 3.05) is 13.1 Å². The zero-order chi connectivity index (χ0) is 21.2. The zero-order valence-electron chi connectivity index (χ0n) is 18.2. The average molecular weight is 414 g/mol. The van der Waals surface area contributed by atoms with Crippen LogP contribution in [0.3, 0.4) is 0 Å². The van der Waals surface area contributed by atoms with Crippen molar-refractivity contribution in [3.63, 3.8) is 0 Å². The Hall–Kier alpha value is -2.37. The van der Waals surface area contributed by atoms with E-state index in [0.717, 1.165) is 24.8 Å². The second-order valence-corrected chi connectivity index (χ2v) is 8.45. The molecule has 1 N–H and O–H groups in total. The molecule has 0 spiro atoms. The first kappa shape index (κ1) is 22.3. The van der Waals surface area contributed by atoms with E-state index in [9.17, 15) is 9.90 Å². The van der Waals surface area contributed by atoms with Crippen LogP contribution in [0.5, 0.6) is 0 Å². The molecule has 6 heteroatoms. The lowest BCUT2D eigenvalue weighted by Gasteiger charge is -2.28. The molecule has 0 radical (unpaired) electrons. The van der Waals surface area contributed by atoms with Gasteiger partial charge in [0.15, 0.2) is 0 Å². The summed E-state index contributed by atoms with van der Waals surface area (Å²) in [6.45, 7) is 3.26. The van der Waals surface area contributed by atoms with Gasteiger partial charge in [0.2, 0.25) is 11.7 Å². The number of amides is 1. The summed E-state index contributed by atoms with van der Waals surface area (Å²) < 4.78 is 5.46. The predicted molar refractivity (Wildman–Crippen MR) is 118 cm³/mol. The highest BCUT2D eigenvalue weighted by molar-refractivity contribution is 5.65. The average Bonchev–Trinajstić information content (AvgIpc) is 3.26. The normalized spacial score (nSPS) is 16.7. The molecular formula is C24H35N3O3. The van der Waals surface area contributed by atoms with Crippen LogP contribution in [0.4, 0.5) is 4.79 Å². The van der Waals surface area contributed by atoms with Crippen LogP contribution in [-0.2, 0) is 6.42 Å². The Labute approximate surface area is 179 Å². The SMILES string of the molecule is CCCCCCCCCCc1ccc(-c2noc([C@H]3CCCN(C(=O)O)C3)n2)cc1. The van der Waals surface area contributed by atoms with E-state index in [1.807, 2.05) is 0 Å². The fourth-order valence-electron chi connectivity index (χ4n) is 4.15. The number of likely N-dealkylation sites (tertiary alicyclic amines) is 1. The summed E-state index contributed by atoms with van der Waals surface area (Å²) in [6, 6.07) is 8.41. The van der Waals surface area contributed by atoms with Gasteiger partial charge in [-0.15, -0.1) is 0 Å². The minimum absolute atomic E-state index is 0.0163. The van der Waals surface area contributed by atoms with Gasteiger partial charge in [0.1, 0.15) is 0 Å². The topological polar surface area (TPSA) is 79.5 Å². The van der Waals surface area contributed by atoms with Gasteiger partial charge in [-0.3, -0.25) is 0 Å². The molecule has 30 heavy (non-hydrogen) atoms. The maximum Gasteiger partial charge on any atom is 0.407 e. The predicted octanol–water partition coefficient (Wildman–Crippen LogP) is 6.28. The lowest BCUT2D eigenvalue weighted by molar-refractivity contribution is 0.126.